The Labute approximate surface area is 70.5 Å². The zero-order valence-corrected chi connectivity index (χ0v) is 7.29. The van der Waals surface area contributed by atoms with Crippen LogP contribution in [0, 0.1) is 0 Å². The Hall–Kier alpha value is -1.03. The molecule has 0 aliphatic carbocycles. The average molecular weight is 172 g/mol. The maximum absolute atomic E-state index is 11.3. The van der Waals surface area contributed by atoms with E-state index < -0.39 is 23.2 Å². The van der Waals surface area contributed by atoms with Gasteiger partial charge in [-0.3, -0.25) is 4.79 Å². The normalized spacial score (nSPS) is 32.2. The van der Waals surface area contributed by atoms with Crippen molar-refractivity contribution >= 4 is 5.78 Å². The first-order chi connectivity index (χ1) is 5.39. The molecule has 0 aromatic rings. The molecule has 0 aromatic carbocycles. The third kappa shape index (κ3) is 0.992. The summed E-state index contributed by atoms with van der Waals surface area (Å²) >= 11 is 0. The summed E-state index contributed by atoms with van der Waals surface area (Å²) < 4.78 is 5.06. The maximum atomic E-state index is 11.3. The molecule has 4 heteroatoms. The van der Waals surface area contributed by atoms with Crippen LogP contribution in [0.2, 0.25) is 0 Å². The van der Waals surface area contributed by atoms with Crippen LogP contribution in [0.3, 0.4) is 0 Å². The molecule has 0 spiro atoms. The molecule has 2 unspecified atom stereocenters. The lowest BCUT2D eigenvalue weighted by atomic mass is 9.95. The van der Waals surface area contributed by atoms with Crippen LogP contribution < -0.4 is 0 Å². The lowest BCUT2D eigenvalue weighted by Gasteiger charge is -2.25. The van der Waals surface area contributed by atoms with Crippen molar-refractivity contribution in [1.82, 2.24) is 0 Å². The molecule has 0 saturated heterocycles. The number of ether oxygens (including phenoxy) is 1. The standard InChI is InChI=1S/C8H12O4/c1-4-6(10)7(11)8(3,12-4)5(2)9/h5,9-10H,1-3H3. The van der Waals surface area contributed by atoms with E-state index in [1.54, 1.807) is 0 Å². The van der Waals surface area contributed by atoms with Gasteiger partial charge in [-0.15, -0.1) is 0 Å². The van der Waals surface area contributed by atoms with Crippen molar-refractivity contribution in [1.29, 1.82) is 0 Å². The van der Waals surface area contributed by atoms with Crippen LogP contribution in [0.4, 0.5) is 0 Å². The van der Waals surface area contributed by atoms with Crippen LogP contribution in [0.1, 0.15) is 20.8 Å². The summed E-state index contributed by atoms with van der Waals surface area (Å²) in [5, 5.41) is 18.4. The van der Waals surface area contributed by atoms with Gasteiger partial charge in [0.2, 0.25) is 11.5 Å². The van der Waals surface area contributed by atoms with Gasteiger partial charge in [0.1, 0.15) is 5.76 Å². The van der Waals surface area contributed by atoms with Crippen LogP contribution in [0.25, 0.3) is 0 Å². The van der Waals surface area contributed by atoms with Crippen LogP contribution in [-0.2, 0) is 9.53 Å². The lowest BCUT2D eigenvalue weighted by molar-refractivity contribution is -0.140. The van der Waals surface area contributed by atoms with Gasteiger partial charge in [-0.25, -0.2) is 0 Å². The summed E-state index contributed by atoms with van der Waals surface area (Å²) in [5.41, 5.74) is -1.31. The Morgan fingerprint density at radius 1 is 1.58 bits per heavy atom. The molecule has 2 N–H and O–H groups in total. The number of aliphatic hydroxyl groups is 2. The largest absolute Gasteiger partial charge is 0.502 e. The fourth-order valence-electron chi connectivity index (χ4n) is 1.08. The second-order valence-corrected chi connectivity index (χ2v) is 3.12. The number of rotatable bonds is 1. The average Bonchev–Trinajstić information content (AvgIpc) is 2.17. The van der Waals surface area contributed by atoms with E-state index in [1.807, 2.05) is 0 Å². The molecule has 0 aromatic heterocycles. The minimum absolute atomic E-state index is 0.170. The van der Waals surface area contributed by atoms with Crippen molar-refractivity contribution < 1.29 is 19.7 Å². The molecule has 0 bridgehead atoms. The zero-order chi connectivity index (χ0) is 9.52. The minimum atomic E-state index is -1.31. The van der Waals surface area contributed by atoms with E-state index in [1.165, 1.54) is 20.8 Å². The Bertz CT molecular complexity index is 254. The number of ketones is 1. The lowest BCUT2D eigenvalue weighted by Crippen LogP contribution is -2.44. The van der Waals surface area contributed by atoms with Gasteiger partial charge in [0.05, 0.1) is 6.10 Å². The summed E-state index contributed by atoms with van der Waals surface area (Å²) in [6.45, 7) is 4.39. The predicted octanol–water partition coefficient (Wildman–Crippen LogP) is 0.515. The van der Waals surface area contributed by atoms with Gasteiger partial charge in [0, 0.05) is 0 Å². The van der Waals surface area contributed by atoms with E-state index in [-0.39, 0.29) is 5.76 Å². The third-order valence-corrected chi connectivity index (χ3v) is 2.16. The highest BCUT2D eigenvalue weighted by atomic mass is 16.5. The highest BCUT2D eigenvalue weighted by molar-refractivity contribution is 6.02. The van der Waals surface area contributed by atoms with Crippen molar-refractivity contribution in [3.8, 4) is 0 Å². The quantitative estimate of drug-likeness (QED) is 0.605. The molecule has 68 valence electrons. The topological polar surface area (TPSA) is 66.8 Å². The monoisotopic (exact) mass is 172 g/mol. The second-order valence-electron chi connectivity index (χ2n) is 3.12. The van der Waals surface area contributed by atoms with Crippen molar-refractivity contribution in [3.63, 3.8) is 0 Å². The fourth-order valence-corrected chi connectivity index (χ4v) is 1.08. The van der Waals surface area contributed by atoms with Crippen molar-refractivity contribution in [2.45, 2.75) is 32.5 Å². The van der Waals surface area contributed by atoms with Gasteiger partial charge in [0.25, 0.3) is 0 Å². The molecule has 0 amide bonds. The number of hydrogen-bond donors (Lipinski definition) is 2. The second kappa shape index (κ2) is 2.48. The molecule has 1 rings (SSSR count). The Kier molecular flexibility index (Phi) is 1.88. The summed E-state index contributed by atoms with van der Waals surface area (Å²) in [6, 6.07) is 0. The van der Waals surface area contributed by atoms with Gasteiger partial charge in [-0.1, -0.05) is 0 Å². The van der Waals surface area contributed by atoms with Crippen LogP contribution >= 0.6 is 0 Å². The van der Waals surface area contributed by atoms with Crippen molar-refractivity contribution in [3.05, 3.63) is 11.5 Å². The molecule has 12 heavy (non-hydrogen) atoms. The molecule has 0 radical (unpaired) electrons. The van der Waals surface area contributed by atoms with Gasteiger partial charge >= 0.3 is 0 Å². The SMILES string of the molecule is CC1=C(O)C(=O)C(C)(C(C)O)O1. The fraction of sp³-hybridized carbons (Fsp3) is 0.625. The highest BCUT2D eigenvalue weighted by Gasteiger charge is 2.48. The summed E-state index contributed by atoms with van der Waals surface area (Å²) in [7, 11) is 0. The zero-order valence-electron chi connectivity index (χ0n) is 7.29. The molecule has 0 fully saturated rings. The van der Waals surface area contributed by atoms with Gasteiger partial charge in [-0.05, 0) is 20.8 Å². The van der Waals surface area contributed by atoms with Crippen LogP contribution in [-0.4, -0.2) is 27.7 Å². The van der Waals surface area contributed by atoms with Crippen LogP contribution in [0.5, 0.6) is 0 Å². The van der Waals surface area contributed by atoms with Gasteiger partial charge in [0.15, 0.2) is 5.60 Å². The molecular weight excluding hydrogens is 160 g/mol. The number of carbonyl (C=O) groups excluding carboxylic acids is 1. The molecular formula is C8H12O4. The summed E-state index contributed by atoms with van der Waals surface area (Å²) in [6.07, 6.45) is -0.940. The Morgan fingerprint density at radius 3 is 2.25 bits per heavy atom. The first kappa shape index (κ1) is 9.06. The number of hydrogen-bond acceptors (Lipinski definition) is 4. The van der Waals surface area contributed by atoms with Crippen molar-refractivity contribution in [2.75, 3.05) is 0 Å². The highest BCUT2D eigenvalue weighted by Crippen LogP contribution is 2.31. The number of Topliss-reactive ketones (excluding diaryl/α,β-unsaturated/α-hetero) is 1. The molecule has 4 nitrogen and oxygen atoms in total. The van der Waals surface area contributed by atoms with E-state index >= 15 is 0 Å². The number of carbonyl (C=O) groups is 1. The van der Waals surface area contributed by atoms with E-state index in [4.69, 9.17) is 9.84 Å². The van der Waals surface area contributed by atoms with Gasteiger partial charge in [-0.2, -0.15) is 0 Å². The van der Waals surface area contributed by atoms with E-state index in [9.17, 15) is 9.90 Å². The van der Waals surface area contributed by atoms with Gasteiger partial charge < -0.3 is 14.9 Å². The van der Waals surface area contributed by atoms with E-state index in [0.717, 1.165) is 0 Å². The minimum Gasteiger partial charge on any atom is -0.502 e. The first-order valence-electron chi connectivity index (χ1n) is 3.71. The van der Waals surface area contributed by atoms with Crippen LogP contribution in [0.15, 0.2) is 11.5 Å². The maximum Gasteiger partial charge on any atom is 0.246 e. The smallest absolute Gasteiger partial charge is 0.246 e. The third-order valence-electron chi connectivity index (χ3n) is 2.16. The molecule has 1 aliphatic heterocycles. The summed E-state index contributed by atoms with van der Waals surface area (Å²) in [5.74, 6) is -0.781. The Morgan fingerprint density at radius 2 is 2.08 bits per heavy atom. The van der Waals surface area contributed by atoms with E-state index in [2.05, 4.69) is 0 Å². The predicted molar refractivity (Wildman–Crippen MR) is 41.5 cm³/mol. The number of aliphatic hydroxyl groups excluding tert-OH is 2. The first-order valence-corrected chi connectivity index (χ1v) is 3.71. The molecule has 1 heterocycles. The summed E-state index contributed by atoms with van der Waals surface area (Å²) in [4.78, 5) is 11.3. The Balaban J connectivity index is 2.99. The number of allylic oxidation sites excluding steroid dienone is 1. The van der Waals surface area contributed by atoms with Crippen molar-refractivity contribution in [2.24, 2.45) is 0 Å². The molecule has 0 saturated carbocycles. The van der Waals surface area contributed by atoms with E-state index in [0.29, 0.717) is 0 Å². The molecule has 1 aliphatic rings. The molecule has 2 atom stereocenters.